The van der Waals surface area contributed by atoms with Gasteiger partial charge in [0.25, 0.3) is 5.92 Å². The first kappa shape index (κ1) is 19.0. The Bertz CT molecular complexity index is 571. The van der Waals surface area contributed by atoms with Crippen molar-refractivity contribution >= 4 is 12.4 Å². The molecule has 0 radical (unpaired) electrons. The van der Waals surface area contributed by atoms with E-state index in [1.54, 1.807) is 11.0 Å². The number of piperazine rings is 1. The quantitative estimate of drug-likeness (QED) is 0.822. The summed E-state index contributed by atoms with van der Waals surface area (Å²) in [4.78, 5) is 1.67. The number of nitrogens with one attached hydrogen (secondary N) is 1. The van der Waals surface area contributed by atoms with Gasteiger partial charge < -0.3 is 24.6 Å². The van der Waals surface area contributed by atoms with Gasteiger partial charge >= 0.3 is 0 Å². The summed E-state index contributed by atoms with van der Waals surface area (Å²) in [5.41, 5.74) is 0.340. The molecule has 2 aliphatic heterocycles. The van der Waals surface area contributed by atoms with Crippen LogP contribution in [0, 0.1) is 0 Å². The van der Waals surface area contributed by atoms with Gasteiger partial charge in [-0.1, -0.05) is 0 Å². The van der Waals surface area contributed by atoms with E-state index in [1.165, 1.54) is 13.2 Å². The molecular formula is C15H21ClF2N2O4. The molecule has 0 saturated carbocycles. The van der Waals surface area contributed by atoms with Gasteiger partial charge in [-0.3, -0.25) is 4.90 Å². The van der Waals surface area contributed by atoms with Crippen LogP contribution in [-0.2, 0) is 0 Å². The molecule has 1 saturated heterocycles. The predicted molar refractivity (Wildman–Crippen MR) is 85.6 cm³/mol. The van der Waals surface area contributed by atoms with Crippen molar-refractivity contribution in [1.29, 1.82) is 0 Å². The second-order valence-corrected chi connectivity index (χ2v) is 5.56. The zero-order chi connectivity index (χ0) is 16.4. The van der Waals surface area contributed by atoms with Crippen LogP contribution in [0.4, 0.5) is 8.78 Å². The number of benzene rings is 1. The summed E-state index contributed by atoms with van der Waals surface area (Å²) in [5, 5.41) is 12.3. The number of rotatable bonds is 5. The third kappa shape index (κ3) is 3.51. The minimum Gasteiger partial charge on any atom is -0.493 e. The molecule has 0 bridgehead atoms. The van der Waals surface area contributed by atoms with Crippen LogP contribution in [0.3, 0.4) is 0 Å². The van der Waals surface area contributed by atoms with Crippen molar-refractivity contribution in [2.75, 3.05) is 46.7 Å². The molecule has 2 aliphatic rings. The Balaban J connectivity index is 0.00000208. The Morgan fingerprint density at radius 3 is 2.67 bits per heavy atom. The molecular weight excluding hydrogens is 346 g/mol. The van der Waals surface area contributed by atoms with Crippen LogP contribution in [-0.4, -0.2) is 62.6 Å². The molecule has 0 aromatic heterocycles. The lowest BCUT2D eigenvalue weighted by molar-refractivity contribution is -0.118. The molecule has 0 aliphatic carbocycles. The molecule has 2 N–H and O–H groups in total. The Morgan fingerprint density at radius 2 is 2.04 bits per heavy atom. The average Bonchev–Trinajstić information content (AvgIpc) is 3.03. The predicted octanol–water partition coefficient (Wildman–Crippen LogP) is 1.42. The fraction of sp³-hybridized carbons (Fsp3) is 0.600. The summed E-state index contributed by atoms with van der Waals surface area (Å²) in [6.45, 7) is 0.996. The van der Waals surface area contributed by atoms with E-state index < -0.39 is 18.6 Å². The zero-order valence-corrected chi connectivity index (χ0v) is 14.1. The van der Waals surface area contributed by atoms with Crippen LogP contribution in [0.5, 0.6) is 17.2 Å². The van der Waals surface area contributed by atoms with E-state index in [2.05, 4.69) is 5.32 Å². The van der Waals surface area contributed by atoms with E-state index in [-0.39, 0.29) is 19.2 Å². The second kappa shape index (κ2) is 7.69. The van der Waals surface area contributed by atoms with Crippen molar-refractivity contribution in [1.82, 2.24) is 10.2 Å². The Morgan fingerprint density at radius 1 is 1.33 bits per heavy atom. The molecule has 0 amide bonds. The molecule has 0 spiro atoms. The van der Waals surface area contributed by atoms with E-state index in [9.17, 15) is 13.9 Å². The number of alkyl halides is 2. The summed E-state index contributed by atoms with van der Waals surface area (Å²) in [5.74, 6) is -2.13. The molecule has 0 unspecified atom stereocenters. The number of halogens is 3. The first-order valence-corrected chi connectivity index (χ1v) is 7.48. The zero-order valence-electron chi connectivity index (χ0n) is 13.3. The van der Waals surface area contributed by atoms with E-state index in [0.29, 0.717) is 49.0 Å². The number of hydrogen-bond donors (Lipinski definition) is 2. The van der Waals surface area contributed by atoms with Crippen molar-refractivity contribution < 1.29 is 28.1 Å². The molecule has 24 heavy (non-hydrogen) atoms. The first-order chi connectivity index (χ1) is 11.1. The fourth-order valence-electron chi connectivity index (χ4n) is 3.06. The standard InChI is InChI=1S/C15H20F2N2O4.ClH/c1-21-11-6-10(7-12-13(11)23-9-22-12)14(15(16,17)8-20)19-4-2-18-3-5-19;/h6-7,14,18,20H,2-5,8-9H2,1H3;1H/t14-;/m0./s1. The molecule has 1 fully saturated rings. The van der Waals surface area contributed by atoms with Crippen LogP contribution in [0.25, 0.3) is 0 Å². The summed E-state index contributed by atoms with van der Waals surface area (Å²) in [6.07, 6.45) is 0. The number of fused-ring (bicyclic) bond motifs is 1. The number of ether oxygens (including phenoxy) is 3. The number of aliphatic hydroxyl groups is 1. The summed E-state index contributed by atoms with van der Waals surface area (Å²) >= 11 is 0. The third-order valence-corrected chi connectivity index (χ3v) is 4.12. The normalized spacial score (nSPS) is 18.8. The van der Waals surface area contributed by atoms with Crippen LogP contribution in [0.15, 0.2) is 12.1 Å². The molecule has 3 rings (SSSR count). The third-order valence-electron chi connectivity index (χ3n) is 4.12. The van der Waals surface area contributed by atoms with Crippen molar-refractivity contribution in [2.45, 2.75) is 12.0 Å². The first-order valence-electron chi connectivity index (χ1n) is 7.48. The van der Waals surface area contributed by atoms with E-state index in [0.717, 1.165) is 0 Å². The summed E-state index contributed by atoms with van der Waals surface area (Å²) < 4.78 is 44.8. The van der Waals surface area contributed by atoms with E-state index in [1.807, 2.05) is 0 Å². The van der Waals surface area contributed by atoms with Crippen molar-refractivity contribution in [3.05, 3.63) is 17.7 Å². The van der Waals surface area contributed by atoms with Gasteiger partial charge in [0.15, 0.2) is 11.5 Å². The number of aliphatic hydroxyl groups excluding tert-OH is 1. The number of hydrogen-bond acceptors (Lipinski definition) is 6. The van der Waals surface area contributed by atoms with Gasteiger partial charge in [-0.15, -0.1) is 12.4 Å². The Labute approximate surface area is 145 Å². The monoisotopic (exact) mass is 366 g/mol. The lowest BCUT2D eigenvalue weighted by Crippen LogP contribution is -2.51. The van der Waals surface area contributed by atoms with Crippen molar-refractivity contribution in [2.24, 2.45) is 0 Å². The van der Waals surface area contributed by atoms with Gasteiger partial charge in [0.2, 0.25) is 12.5 Å². The molecule has 1 aromatic rings. The summed E-state index contributed by atoms with van der Waals surface area (Å²) in [6, 6.07) is 1.82. The molecule has 6 nitrogen and oxygen atoms in total. The summed E-state index contributed by atoms with van der Waals surface area (Å²) in [7, 11) is 1.45. The average molecular weight is 367 g/mol. The van der Waals surface area contributed by atoms with Crippen LogP contribution in [0.2, 0.25) is 0 Å². The Hall–Kier alpha value is -1.35. The lowest BCUT2D eigenvalue weighted by atomic mass is 9.97. The van der Waals surface area contributed by atoms with E-state index in [4.69, 9.17) is 14.2 Å². The van der Waals surface area contributed by atoms with Gasteiger partial charge in [-0.25, -0.2) is 8.78 Å². The highest BCUT2D eigenvalue weighted by atomic mass is 35.5. The van der Waals surface area contributed by atoms with Crippen LogP contribution >= 0.6 is 12.4 Å². The largest absolute Gasteiger partial charge is 0.493 e. The van der Waals surface area contributed by atoms with Crippen LogP contribution in [0.1, 0.15) is 11.6 Å². The molecule has 136 valence electrons. The molecule has 2 heterocycles. The van der Waals surface area contributed by atoms with Gasteiger partial charge in [-0.05, 0) is 17.7 Å². The highest BCUT2D eigenvalue weighted by Gasteiger charge is 2.45. The van der Waals surface area contributed by atoms with Gasteiger partial charge in [-0.2, -0.15) is 0 Å². The lowest BCUT2D eigenvalue weighted by Gasteiger charge is -2.38. The maximum atomic E-state index is 14.5. The second-order valence-electron chi connectivity index (χ2n) is 5.56. The maximum Gasteiger partial charge on any atom is 0.289 e. The minimum absolute atomic E-state index is 0. The van der Waals surface area contributed by atoms with Gasteiger partial charge in [0.1, 0.15) is 12.6 Å². The van der Waals surface area contributed by atoms with Crippen LogP contribution < -0.4 is 19.5 Å². The van der Waals surface area contributed by atoms with Gasteiger partial charge in [0.05, 0.1) is 7.11 Å². The highest BCUT2D eigenvalue weighted by Crippen LogP contribution is 2.46. The minimum atomic E-state index is -3.28. The van der Waals surface area contributed by atoms with E-state index >= 15 is 0 Å². The smallest absolute Gasteiger partial charge is 0.289 e. The molecule has 9 heteroatoms. The molecule has 1 aromatic carbocycles. The van der Waals surface area contributed by atoms with Crippen molar-refractivity contribution in [3.8, 4) is 17.2 Å². The molecule has 1 atom stereocenters. The maximum absolute atomic E-state index is 14.5. The van der Waals surface area contributed by atoms with Gasteiger partial charge in [0, 0.05) is 26.2 Å². The topological polar surface area (TPSA) is 63.2 Å². The highest BCUT2D eigenvalue weighted by molar-refractivity contribution is 5.85. The Kier molecular flexibility index (Phi) is 6.08. The van der Waals surface area contributed by atoms with Crippen molar-refractivity contribution in [3.63, 3.8) is 0 Å². The fourth-order valence-corrected chi connectivity index (χ4v) is 3.06. The SMILES string of the molecule is COc1cc([C@H](N2CCNCC2)C(F)(F)CO)cc2c1OCO2.Cl. The number of methoxy groups -OCH3 is 1. The number of nitrogens with zero attached hydrogens (tertiary/aromatic N) is 1.